The Bertz CT molecular complexity index is 759. The van der Waals surface area contributed by atoms with E-state index in [1.165, 1.54) is 6.07 Å². The molecule has 0 bridgehead atoms. The maximum atomic E-state index is 14.0. The van der Waals surface area contributed by atoms with Gasteiger partial charge in [0.15, 0.2) is 0 Å². The third-order valence-electron chi connectivity index (χ3n) is 3.30. The normalized spacial score (nSPS) is 12.4. The van der Waals surface area contributed by atoms with E-state index < -0.39 is 46.6 Å². The van der Waals surface area contributed by atoms with Gasteiger partial charge in [-0.1, -0.05) is 13.0 Å². The summed E-state index contributed by atoms with van der Waals surface area (Å²) in [6.07, 6.45) is -9.33. The van der Waals surface area contributed by atoms with Crippen molar-refractivity contribution in [2.24, 2.45) is 0 Å². The first kappa shape index (κ1) is 19.0. The van der Waals surface area contributed by atoms with Gasteiger partial charge in [-0.2, -0.15) is 22.0 Å². The van der Waals surface area contributed by atoms with Gasteiger partial charge >= 0.3 is 12.3 Å². The molecule has 0 saturated carbocycles. The number of rotatable bonds is 4. The van der Waals surface area contributed by atoms with Gasteiger partial charge in [-0.25, -0.2) is 13.2 Å². The molecule has 0 aliphatic rings. The van der Waals surface area contributed by atoms with Crippen molar-refractivity contribution in [3.8, 4) is 5.75 Å². The fraction of sp³-hybridized carbons (Fsp3) is 0.250. The van der Waals surface area contributed by atoms with E-state index in [1.54, 1.807) is 6.92 Å². The number of hydrogen-bond donors (Lipinski definition) is 0. The molecule has 0 heterocycles. The van der Waals surface area contributed by atoms with Crippen LogP contribution in [0.5, 0.6) is 5.75 Å². The molecule has 0 aliphatic heterocycles. The summed E-state index contributed by atoms with van der Waals surface area (Å²) in [6, 6.07) is 2.67. The van der Waals surface area contributed by atoms with Gasteiger partial charge in [-0.05, 0) is 24.1 Å². The fourth-order valence-electron chi connectivity index (χ4n) is 2.10. The predicted octanol–water partition coefficient (Wildman–Crippen LogP) is 5.81. The van der Waals surface area contributed by atoms with Crippen molar-refractivity contribution in [1.82, 2.24) is 0 Å². The van der Waals surface area contributed by atoms with Crippen LogP contribution in [0.3, 0.4) is 0 Å². The maximum Gasteiger partial charge on any atom is 0.429 e. The third kappa shape index (κ3) is 4.02. The van der Waals surface area contributed by atoms with Crippen LogP contribution in [0.15, 0.2) is 30.3 Å². The number of alkyl halides is 5. The zero-order valence-electron chi connectivity index (χ0n) is 12.5. The summed E-state index contributed by atoms with van der Waals surface area (Å²) in [6.45, 7) is 1.66. The first-order chi connectivity index (χ1) is 11.5. The fourth-order valence-corrected chi connectivity index (χ4v) is 2.10. The standard InChI is InChI=1S/C16H10F8O/c1-2-8-3-4-10(11(17)5-8)16(23,24)25-9-6-12(18)14(13(19)7-9)15(20,21)22/h3-7H,2H2,1H3. The lowest BCUT2D eigenvalue weighted by Gasteiger charge is -2.20. The molecule has 0 fully saturated rings. The van der Waals surface area contributed by atoms with Crippen molar-refractivity contribution in [3.63, 3.8) is 0 Å². The summed E-state index contributed by atoms with van der Waals surface area (Å²) in [5.41, 5.74) is -3.03. The minimum absolute atomic E-state index is 0.0435. The van der Waals surface area contributed by atoms with Crippen LogP contribution in [0.25, 0.3) is 0 Å². The molecule has 1 nitrogen and oxygen atoms in total. The monoisotopic (exact) mass is 370 g/mol. The van der Waals surface area contributed by atoms with Crippen LogP contribution in [-0.4, -0.2) is 0 Å². The Labute approximate surface area is 136 Å². The Morgan fingerprint density at radius 2 is 1.40 bits per heavy atom. The molecule has 25 heavy (non-hydrogen) atoms. The molecular weight excluding hydrogens is 360 g/mol. The molecule has 0 saturated heterocycles. The molecule has 0 radical (unpaired) electrons. The molecule has 2 rings (SSSR count). The molecule has 0 spiro atoms. The number of halogens is 8. The molecule has 2 aromatic rings. The van der Waals surface area contributed by atoms with Crippen molar-refractivity contribution in [2.45, 2.75) is 25.6 Å². The molecule has 2 aromatic carbocycles. The first-order valence-electron chi connectivity index (χ1n) is 6.87. The molecular formula is C16H10F8O. The lowest BCUT2D eigenvalue weighted by Crippen LogP contribution is -2.24. The minimum Gasteiger partial charge on any atom is -0.429 e. The summed E-state index contributed by atoms with van der Waals surface area (Å²) >= 11 is 0. The summed E-state index contributed by atoms with van der Waals surface area (Å²) in [5.74, 6) is -6.79. The molecule has 0 aromatic heterocycles. The van der Waals surface area contributed by atoms with Crippen LogP contribution in [0.2, 0.25) is 0 Å². The lowest BCUT2D eigenvalue weighted by molar-refractivity contribution is -0.187. The van der Waals surface area contributed by atoms with Crippen molar-refractivity contribution >= 4 is 0 Å². The zero-order valence-corrected chi connectivity index (χ0v) is 12.5. The second kappa shape index (κ2) is 6.53. The van der Waals surface area contributed by atoms with Crippen LogP contribution in [-0.2, 0) is 18.7 Å². The quantitative estimate of drug-likeness (QED) is 0.617. The molecule has 0 amide bonds. The van der Waals surface area contributed by atoms with E-state index in [9.17, 15) is 35.1 Å². The number of hydrogen-bond acceptors (Lipinski definition) is 1. The Balaban J connectivity index is 2.38. The van der Waals surface area contributed by atoms with Gasteiger partial charge in [0.25, 0.3) is 0 Å². The van der Waals surface area contributed by atoms with Crippen molar-refractivity contribution in [1.29, 1.82) is 0 Å². The average Bonchev–Trinajstić information content (AvgIpc) is 2.43. The summed E-state index contributed by atoms with van der Waals surface area (Å²) in [5, 5.41) is 0. The summed E-state index contributed by atoms with van der Waals surface area (Å²) < 4.78 is 110. The second-order valence-corrected chi connectivity index (χ2v) is 5.05. The van der Waals surface area contributed by atoms with Gasteiger partial charge in [0.2, 0.25) is 0 Å². The van der Waals surface area contributed by atoms with E-state index in [1.807, 2.05) is 0 Å². The van der Waals surface area contributed by atoms with Gasteiger partial charge in [0.05, 0.1) is 5.56 Å². The Morgan fingerprint density at radius 3 is 1.84 bits per heavy atom. The molecule has 0 aliphatic carbocycles. The number of ether oxygens (including phenoxy) is 1. The van der Waals surface area contributed by atoms with E-state index >= 15 is 0 Å². The molecule has 0 unspecified atom stereocenters. The van der Waals surface area contributed by atoms with E-state index in [-0.39, 0.29) is 12.1 Å². The van der Waals surface area contributed by atoms with Gasteiger partial charge in [-0.3, -0.25) is 0 Å². The van der Waals surface area contributed by atoms with E-state index in [4.69, 9.17) is 0 Å². The van der Waals surface area contributed by atoms with Crippen LogP contribution >= 0.6 is 0 Å². The van der Waals surface area contributed by atoms with Crippen molar-refractivity contribution in [3.05, 3.63) is 64.5 Å². The highest BCUT2D eigenvalue weighted by atomic mass is 19.4. The lowest BCUT2D eigenvalue weighted by atomic mass is 10.1. The zero-order chi connectivity index (χ0) is 19.0. The highest BCUT2D eigenvalue weighted by Crippen LogP contribution is 2.38. The number of benzene rings is 2. The summed E-state index contributed by atoms with van der Waals surface area (Å²) in [7, 11) is 0. The van der Waals surface area contributed by atoms with Crippen LogP contribution in [0.1, 0.15) is 23.6 Å². The van der Waals surface area contributed by atoms with E-state index in [0.717, 1.165) is 12.1 Å². The minimum atomic E-state index is -5.35. The SMILES string of the molecule is CCc1ccc(C(F)(F)Oc2cc(F)c(C(F)(F)F)c(F)c2)c(F)c1. The Hall–Kier alpha value is -2.32. The number of aryl methyl sites for hydroxylation is 1. The van der Waals surface area contributed by atoms with Crippen LogP contribution in [0, 0.1) is 17.5 Å². The Morgan fingerprint density at radius 1 is 0.840 bits per heavy atom. The topological polar surface area (TPSA) is 9.23 Å². The van der Waals surface area contributed by atoms with E-state index in [0.29, 0.717) is 12.0 Å². The second-order valence-electron chi connectivity index (χ2n) is 5.05. The smallest absolute Gasteiger partial charge is 0.429 e. The molecule has 0 N–H and O–H groups in total. The van der Waals surface area contributed by atoms with Gasteiger partial charge in [-0.15, -0.1) is 0 Å². The van der Waals surface area contributed by atoms with Crippen LogP contribution in [0.4, 0.5) is 35.1 Å². The van der Waals surface area contributed by atoms with E-state index in [2.05, 4.69) is 4.74 Å². The van der Waals surface area contributed by atoms with Gasteiger partial charge in [0.1, 0.15) is 28.8 Å². The molecule has 0 atom stereocenters. The highest BCUT2D eigenvalue weighted by molar-refractivity contribution is 5.34. The first-order valence-corrected chi connectivity index (χ1v) is 6.87. The van der Waals surface area contributed by atoms with Gasteiger partial charge in [0, 0.05) is 12.1 Å². The highest BCUT2D eigenvalue weighted by Gasteiger charge is 2.41. The third-order valence-corrected chi connectivity index (χ3v) is 3.30. The Kier molecular flexibility index (Phi) is 4.97. The van der Waals surface area contributed by atoms with Gasteiger partial charge < -0.3 is 4.74 Å². The molecule has 136 valence electrons. The summed E-state index contributed by atoms with van der Waals surface area (Å²) in [4.78, 5) is 0. The molecule has 9 heteroatoms. The maximum absolute atomic E-state index is 14.0. The average molecular weight is 370 g/mol. The predicted molar refractivity (Wildman–Crippen MR) is 71.7 cm³/mol. The van der Waals surface area contributed by atoms with Crippen molar-refractivity contribution in [2.75, 3.05) is 0 Å². The largest absolute Gasteiger partial charge is 0.429 e. The van der Waals surface area contributed by atoms with Crippen molar-refractivity contribution < 1.29 is 39.9 Å². The van der Waals surface area contributed by atoms with Crippen LogP contribution < -0.4 is 4.74 Å².